The molecule has 2 saturated heterocycles. The number of para-hydroxylation sites is 1. The molecule has 0 saturated carbocycles. The molecular formula is C34H42N2O2. The van der Waals surface area contributed by atoms with Gasteiger partial charge < -0.3 is 14.5 Å². The van der Waals surface area contributed by atoms with Crippen LogP contribution >= 0.6 is 0 Å². The van der Waals surface area contributed by atoms with E-state index in [1.54, 1.807) is 0 Å². The van der Waals surface area contributed by atoms with Crippen LogP contribution in [0, 0.1) is 0 Å². The van der Waals surface area contributed by atoms with Gasteiger partial charge in [0.25, 0.3) is 0 Å². The minimum Gasteiger partial charge on any atom is -0.490 e. The van der Waals surface area contributed by atoms with Gasteiger partial charge in [0.15, 0.2) is 5.78 Å². The summed E-state index contributed by atoms with van der Waals surface area (Å²) >= 11 is 0. The lowest BCUT2D eigenvalue weighted by molar-refractivity contribution is 0.0913. The fourth-order valence-electron chi connectivity index (χ4n) is 6.00. The fourth-order valence-corrected chi connectivity index (χ4v) is 6.00. The first-order valence-corrected chi connectivity index (χ1v) is 14.6. The number of piperidine rings is 2. The van der Waals surface area contributed by atoms with Crippen LogP contribution in [0.1, 0.15) is 72.3 Å². The van der Waals surface area contributed by atoms with Gasteiger partial charge in [0.05, 0.1) is 5.56 Å². The monoisotopic (exact) mass is 510 g/mol. The fraction of sp³-hybridized carbons (Fsp3) is 0.441. The zero-order valence-electron chi connectivity index (χ0n) is 22.6. The van der Waals surface area contributed by atoms with E-state index in [4.69, 9.17) is 4.74 Å². The molecule has 2 aliphatic rings. The van der Waals surface area contributed by atoms with Gasteiger partial charge in [-0.25, -0.2) is 0 Å². The van der Waals surface area contributed by atoms with E-state index in [0.717, 1.165) is 56.8 Å². The van der Waals surface area contributed by atoms with Crippen LogP contribution in [0.25, 0.3) is 0 Å². The van der Waals surface area contributed by atoms with Crippen molar-refractivity contribution < 1.29 is 9.53 Å². The molecule has 2 heterocycles. The van der Waals surface area contributed by atoms with E-state index in [1.165, 1.54) is 43.5 Å². The molecular weight excluding hydrogens is 468 g/mol. The van der Waals surface area contributed by atoms with Crippen molar-refractivity contribution in [1.82, 2.24) is 9.80 Å². The minimum atomic E-state index is 0.153. The highest BCUT2D eigenvalue weighted by molar-refractivity contribution is 5.98. The van der Waals surface area contributed by atoms with Crippen molar-refractivity contribution in [1.29, 1.82) is 0 Å². The molecule has 5 rings (SSSR count). The van der Waals surface area contributed by atoms with E-state index in [-0.39, 0.29) is 11.9 Å². The van der Waals surface area contributed by atoms with Crippen LogP contribution in [0.15, 0.2) is 84.9 Å². The summed E-state index contributed by atoms with van der Waals surface area (Å²) < 4.78 is 6.47. The van der Waals surface area contributed by atoms with Crippen molar-refractivity contribution in [2.24, 2.45) is 0 Å². The van der Waals surface area contributed by atoms with Gasteiger partial charge in [0, 0.05) is 32.0 Å². The lowest BCUT2D eigenvalue weighted by Gasteiger charge is -2.35. The van der Waals surface area contributed by atoms with Crippen LogP contribution in [0.2, 0.25) is 0 Å². The Balaban J connectivity index is 1.14. The molecule has 2 fully saturated rings. The summed E-state index contributed by atoms with van der Waals surface area (Å²) in [7, 11) is 0. The summed E-state index contributed by atoms with van der Waals surface area (Å²) in [6.45, 7) is 6.42. The summed E-state index contributed by atoms with van der Waals surface area (Å²) in [4.78, 5) is 18.2. The smallest absolute Gasteiger partial charge is 0.166 e. The Bertz CT molecular complexity index is 1080. The molecule has 0 bridgehead atoms. The van der Waals surface area contributed by atoms with Crippen LogP contribution in [0.4, 0.5) is 0 Å². The van der Waals surface area contributed by atoms with E-state index in [0.29, 0.717) is 12.3 Å². The molecule has 4 heteroatoms. The average molecular weight is 511 g/mol. The third kappa shape index (κ3) is 7.33. The number of nitrogens with zero attached hydrogens (tertiary/aromatic N) is 2. The number of rotatable bonds is 11. The number of ether oxygens (including phenoxy) is 1. The highest BCUT2D eigenvalue weighted by Gasteiger charge is 2.25. The molecule has 2 aliphatic heterocycles. The van der Waals surface area contributed by atoms with Gasteiger partial charge in [0.2, 0.25) is 0 Å². The standard InChI is InChI=1S/C34H42N2O2/c37-33(18-12-24-35-22-10-3-11-23-35)31-17-8-9-19-34(31)38-30-20-25-36(26-21-30)27-32(28-13-4-1-5-14-28)29-15-6-2-7-16-29/h1-2,4-9,13-17,19,30,32H,3,10-12,18,20-27H2. The van der Waals surface area contributed by atoms with E-state index in [2.05, 4.69) is 70.5 Å². The van der Waals surface area contributed by atoms with Crippen LogP contribution in [-0.4, -0.2) is 61.0 Å². The largest absolute Gasteiger partial charge is 0.490 e. The van der Waals surface area contributed by atoms with Gasteiger partial charge in [-0.1, -0.05) is 79.2 Å². The van der Waals surface area contributed by atoms with Crippen molar-refractivity contribution in [3.8, 4) is 5.75 Å². The number of hydrogen-bond acceptors (Lipinski definition) is 4. The lowest BCUT2D eigenvalue weighted by Crippen LogP contribution is -2.40. The number of carbonyl (C=O) groups excluding carboxylic acids is 1. The molecule has 0 atom stereocenters. The summed E-state index contributed by atoms with van der Waals surface area (Å²) in [6, 6.07) is 29.6. The van der Waals surface area contributed by atoms with E-state index < -0.39 is 0 Å². The normalized spacial score (nSPS) is 17.5. The molecule has 0 N–H and O–H groups in total. The van der Waals surface area contributed by atoms with Crippen molar-refractivity contribution >= 4 is 5.78 Å². The Morgan fingerprint density at radius 2 is 1.34 bits per heavy atom. The van der Waals surface area contributed by atoms with E-state index in [9.17, 15) is 4.79 Å². The molecule has 3 aromatic rings. The number of benzene rings is 3. The van der Waals surface area contributed by atoms with Gasteiger partial charge >= 0.3 is 0 Å². The third-order valence-electron chi connectivity index (χ3n) is 8.19. The molecule has 4 nitrogen and oxygen atoms in total. The van der Waals surface area contributed by atoms with Gasteiger partial charge in [0.1, 0.15) is 11.9 Å². The zero-order chi connectivity index (χ0) is 26.0. The van der Waals surface area contributed by atoms with Crippen molar-refractivity contribution in [2.45, 2.75) is 57.0 Å². The SMILES string of the molecule is O=C(CCCN1CCCCC1)c1ccccc1OC1CCN(CC(c2ccccc2)c2ccccc2)CC1. The summed E-state index contributed by atoms with van der Waals surface area (Å²) in [5.41, 5.74) is 3.48. The molecule has 0 aliphatic carbocycles. The van der Waals surface area contributed by atoms with Crippen molar-refractivity contribution in [3.05, 3.63) is 102 Å². The predicted molar refractivity (Wildman–Crippen MR) is 155 cm³/mol. The maximum absolute atomic E-state index is 13.1. The first-order valence-electron chi connectivity index (χ1n) is 14.6. The summed E-state index contributed by atoms with van der Waals surface area (Å²) in [5, 5.41) is 0. The Morgan fingerprint density at radius 1 is 0.737 bits per heavy atom. The van der Waals surface area contributed by atoms with Crippen molar-refractivity contribution in [3.63, 3.8) is 0 Å². The third-order valence-corrected chi connectivity index (χ3v) is 8.19. The number of Topliss-reactive ketones (excluding diaryl/α,β-unsaturated/α-hetero) is 1. The lowest BCUT2D eigenvalue weighted by atomic mass is 9.90. The molecule has 3 aromatic carbocycles. The Kier molecular flexibility index (Phi) is 9.63. The molecule has 0 aromatic heterocycles. The minimum absolute atomic E-state index is 0.153. The van der Waals surface area contributed by atoms with Crippen molar-refractivity contribution in [2.75, 3.05) is 39.3 Å². The number of ketones is 1. The number of likely N-dealkylation sites (tertiary alicyclic amines) is 2. The second kappa shape index (κ2) is 13.7. The van der Waals surface area contributed by atoms with Gasteiger partial charge in [-0.3, -0.25) is 4.79 Å². The van der Waals surface area contributed by atoms with Crippen LogP contribution in [0.5, 0.6) is 5.75 Å². The highest BCUT2D eigenvalue weighted by atomic mass is 16.5. The predicted octanol–water partition coefficient (Wildman–Crippen LogP) is 6.81. The zero-order valence-corrected chi connectivity index (χ0v) is 22.6. The van der Waals surface area contributed by atoms with Gasteiger partial charge in [-0.15, -0.1) is 0 Å². The quantitative estimate of drug-likeness (QED) is 0.265. The second-order valence-electron chi connectivity index (χ2n) is 10.9. The maximum Gasteiger partial charge on any atom is 0.166 e. The topological polar surface area (TPSA) is 32.8 Å². The molecule has 38 heavy (non-hydrogen) atoms. The summed E-state index contributed by atoms with van der Waals surface area (Å²) in [5.74, 6) is 1.34. The maximum atomic E-state index is 13.1. The molecule has 0 amide bonds. The van der Waals surface area contributed by atoms with E-state index in [1.807, 2.05) is 24.3 Å². The molecule has 0 radical (unpaired) electrons. The first kappa shape index (κ1) is 26.6. The highest BCUT2D eigenvalue weighted by Crippen LogP contribution is 2.29. The van der Waals surface area contributed by atoms with Gasteiger partial charge in [-0.2, -0.15) is 0 Å². The number of carbonyl (C=O) groups is 1. The van der Waals surface area contributed by atoms with Gasteiger partial charge in [-0.05, 0) is 75.0 Å². The molecule has 0 unspecified atom stereocenters. The Morgan fingerprint density at radius 3 is 2.00 bits per heavy atom. The van der Waals surface area contributed by atoms with Crippen LogP contribution in [-0.2, 0) is 0 Å². The van der Waals surface area contributed by atoms with Crippen LogP contribution in [0.3, 0.4) is 0 Å². The second-order valence-corrected chi connectivity index (χ2v) is 10.9. The van der Waals surface area contributed by atoms with E-state index >= 15 is 0 Å². The summed E-state index contributed by atoms with van der Waals surface area (Å²) in [6.07, 6.45) is 7.57. The average Bonchev–Trinajstić information content (AvgIpc) is 2.98. The number of hydrogen-bond donors (Lipinski definition) is 0. The first-order chi connectivity index (χ1) is 18.8. The molecule has 0 spiro atoms. The molecule has 200 valence electrons. The Labute approximate surface area is 228 Å². The Hall–Kier alpha value is -2.95. The van der Waals surface area contributed by atoms with Crippen LogP contribution < -0.4 is 4.74 Å².